The molecule has 0 aliphatic heterocycles. The predicted molar refractivity (Wildman–Crippen MR) is 71.6 cm³/mol. The molecule has 0 aliphatic rings. The molecule has 1 aromatic rings. The number of benzene rings is 1. The summed E-state index contributed by atoms with van der Waals surface area (Å²) in [5.74, 6) is -2.08. The zero-order chi connectivity index (χ0) is 15.4. The fourth-order valence-electron chi connectivity index (χ4n) is 1.69. The first-order chi connectivity index (χ1) is 9.23. The SMILES string of the molecule is Cc1ccc(C(=O)N[C@@H](C(=O)O)C(C)C)cc1[N+](=O)[O-]. The number of hydrogen-bond acceptors (Lipinski definition) is 4. The van der Waals surface area contributed by atoms with Crippen LogP contribution in [0.3, 0.4) is 0 Å². The normalized spacial score (nSPS) is 12.0. The van der Waals surface area contributed by atoms with Gasteiger partial charge in [-0.15, -0.1) is 0 Å². The molecule has 0 fully saturated rings. The molecule has 2 N–H and O–H groups in total. The van der Waals surface area contributed by atoms with Gasteiger partial charge in [0, 0.05) is 17.2 Å². The van der Waals surface area contributed by atoms with Crippen molar-refractivity contribution in [3.05, 3.63) is 39.4 Å². The van der Waals surface area contributed by atoms with E-state index in [4.69, 9.17) is 5.11 Å². The molecule has 0 unspecified atom stereocenters. The van der Waals surface area contributed by atoms with Gasteiger partial charge in [-0.25, -0.2) is 4.79 Å². The summed E-state index contributed by atoms with van der Waals surface area (Å²) in [5, 5.41) is 22.2. The monoisotopic (exact) mass is 280 g/mol. The number of carboxylic acids is 1. The number of carbonyl (C=O) groups is 2. The Bertz CT molecular complexity index is 554. The lowest BCUT2D eigenvalue weighted by atomic mass is 10.0. The van der Waals surface area contributed by atoms with Crippen molar-refractivity contribution in [1.29, 1.82) is 0 Å². The van der Waals surface area contributed by atoms with Crippen LogP contribution >= 0.6 is 0 Å². The molecule has 0 bridgehead atoms. The summed E-state index contributed by atoms with van der Waals surface area (Å²) in [4.78, 5) is 33.2. The molecule has 0 heterocycles. The number of carboxylic acid groups (broad SMARTS) is 1. The minimum Gasteiger partial charge on any atom is -0.480 e. The number of aliphatic carboxylic acids is 1. The summed E-state index contributed by atoms with van der Waals surface area (Å²) in [5.41, 5.74) is 0.327. The Kier molecular flexibility index (Phi) is 4.79. The van der Waals surface area contributed by atoms with E-state index in [1.165, 1.54) is 12.1 Å². The predicted octanol–water partition coefficient (Wildman–Crippen LogP) is 1.74. The van der Waals surface area contributed by atoms with Gasteiger partial charge >= 0.3 is 5.97 Å². The number of nitro benzene ring substituents is 1. The molecule has 1 atom stereocenters. The van der Waals surface area contributed by atoms with Crippen LogP contribution in [0.2, 0.25) is 0 Å². The highest BCUT2D eigenvalue weighted by atomic mass is 16.6. The van der Waals surface area contributed by atoms with Gasteiger partial charge in [0.1, 0.15) is 6.04 Å². The number of hydrogen-bond donors (Lipinski definition) is 2. The molecule has 7 nitrogen and oxygen atoms in total. The summed E-state index contributed by atoms with van der Waals surface area (Å²) < 4.78 is 0. The molecule has 0 aliphatic carbocycles. The van der Waals surface area contributed by atoms with E-state index in [9.17, 15) is 19.7 Å². The Hall–Kier alpha value is -2.44. The van der Waals surface area contributed by atoms with Gasteiger partial charge < -0.3 is 10.4 Å². The van der Waals surface area contributed by atoms with Gasteiger partial charge in [0.05, 0.1) is 4.92 Å². The molecule has 1 amide bonds. The Morgan fingerprint density at radius 1 is 1.35 bits per heavy atom. The Balaban J connectivity index is 3.01. The third kappa shape index (κ3) is 3.53. The van der Waals surface area contributed by atoms with Crippen LogP contribution in [-0.2, 0) is 4.79 Å². The smallest absolute Gasteiger partial charge is 0.326 e. The van der Waals surface area contributed by atoms with Gasteiger partial charge in [0.15, 0.2) is 0 Å². The van der Waals surface area contributed by atoms with Crippen molar-refractivity contribution in [1.82, 2.24) is 5.32 Å². The maximum absolute atomic E-state index is 12.0. The number of nitro groups is 1. The van der Waals surface area contributed by atoms with E-state index in [0.29, 0.717) is 5.56 Å². The third-order valence-corrected chi connectivity index (χ3v) is 2.89. The number of nitrogens with zero attached hydrogens (tertiary/aromatic N) is 1. The first kappa shape index (κ1) is 15.6. The first-order valence-corrected chi connectivity index (χ1v) is 6.02. The standard InChI is InChI=1S/C13H16N2O5/c1-7(2)11(13(17)18)14-12(16)9-5-4-8(3)10(6-9)15(19)20/h4-7,11H,1-3H3,(H,14,16)(H,17,18)/t11-/m1/s1. The lowest BCUT2D eigenvalue weighted by molar-refractivity contribution is -0.385. The van der Waals surface area contributed by atoms with Crippen LogP contribution < -0.4 is 5.32 Å². The van der Waals surface area contributed by atoms with Crippen molar-refractivity contribution in [2.45, 2.75) is 26.8 Å². The van der Waals surface area contributed by atoms with Crippen LogP contribution in [0.5, 0.6) is 0 Å². The van der Waals surface area contributed by atoms with Gasteiger partial charge in [-0.3, -0.25) is 14.9 Å². The molecule has 7 heteroatoms. The Labute approximate surface area is 115 Å². The molecule has 0 aromatic heterocycles. The average molecular weight is 280 g/mol. The van der Waals surface area contributed by atoms with Crippen LogP contribution in [0.15, 0.2) is 18.2 Å². The van der Waals surface area contributed by atoms with Crippen LogP contribution in [0.25, 0.3) is 0 Å². The molecular formula is C13H16N2O5. The summed E-state index contributed by atoms with van der Waals surface area (Å²) >= 11 is 0. The van der Waals surface area contributed by atoms with Crippen molar-refractivity contribution in [2.75, 3.05) is 0 Å². The van der Waals surface area contributed by atoms with Crippen molar-refractivity contribution in [3.63, 3.8) is 0 Å². The fourth-order valence-corrected chi connectivity index (χ4v) is 1.69. The summed E-state index contributed by atoms with van der Waals surface area (Å²) in [6, 6.07) is 2.99. The van der Waals surface area contributed by atoms with E-state index in [1.807, 2.05) is 0 Å². The summed E-state index contributed by atoms with van der Waals surface area (Å²) in [6.45, 7) is 4.89. The Morgan fingerprint density at radius 3 is 2.40 bits per heavy atom. The van der Waals surface area contributed by atoms with E-state index in [0.717, 1.165) is 6.07 Å². The zero-order valence-electron chi connectivity index (χ0n) is 11.4. The highest BCUT2D eigenvalue weighted by Crippen LogP contribution is 2.19. The van der Waals surface area contributed by atoms with E-state index < -0.39 is 22.8 Å². The highest BCUT2D eigenvalue weighted by molar-refractivity contribution is 5.97. The topological polar surface area (TPSA) is 110 Å². The zero-order valence-corrected chi connectivity index (χ0v) is 11.4. The molecule has 20 heavy (non-hydrogen) atoms. The van der Waals surface area contributed by atoms with E-state index in [2.05, 4.69) is 5.32 Å². The average Bonchev–Trinajstić information content (AvgIpc) is 2.34. The van der Waals surface area contributed by atoms with Crippen LogP contribution in [0, 0.1) is 23.0 Å². The molecule has 108 valence electrons. The number of nitrogens with one attached hydrogen (secondary N) is 1. The minimum absolute atomic E-state index is 0.0641. The molecule has 0 spiro atoms. The number of carbonyl (C=O) groups excluding carboxylic acids is 1. The minimum atomic E-state index is -1.14. The lowest BCUT2D eigenvalue weighted by Gasteiger charge is -2.17. The van der Waals surface area contributed by atoms with Gasteiger partial charge in [-0.2, -0.15) is 0 Å². The summed E-state index contributed by atoms with van der Waals surface area (Å²) in [6.07, 6.45) is 0. The van der Waals surface area contributed by atoms with Crippen LogP contribution in [-0.4, -0.2) is 27.9 Å². The van der Waals surface area contributed by atoms with Crippen molar-refractivity contribution in [2.24, 2.45) is 5.92 Å². The molecule has 1 rings (SSSR count). The lowest BCUT2D eigenvalue weighted by Crippen LogP contribution is -2.44. The van der Waals surface area contributed by atoms with Gasteiger partial charge in [-0.1, -0.05) is 19.9 Å². The third-order valence-electron chi connectivity index (χ3n) is 2.89. The molecule has 0 saturated carbocycles. The summed E-state index contributed by atoms with van der Waals surface area (Å²) in [7, 11) is 0. The van der Waals surface area contributed by atoms with Crippen LogP contribution in [0.4, 0.5) is 5.69 Å². The molecular weight excluding hydrogens is 264 g/mol. The number of rotatable bonds is 5. The van der Waals surface area contributed by atoms with Gasteiger partial charge in [0.25, 0.3) is 11.6 Å². The maximum Gasteiger partial charge on any atom is 0.326 e. The first-order valence-electron chi connectivity index (χ1n) is 6.02. The largest absolute Gasteiger partial charge is 0.480 e. The fraction of sp³-hybridized carbons (Fsp3) is 0.385. The highest BCUT2D eigenvalue weighted by Gasteiger charge is 2.24. The van der Waals surface area contributed by atoms with Crippen molar-refractivity contribution in [3.8, 4) is 0 Å². The second-order valence-electron chi connectivity index (χ2n) is 4.79. The number of aryl methyl sites for hydroxylation is 1. The van der Waals surface area contributed by atoms with Gasteiger partial charge in [-0.05, 0) is 18.9 Å². The van der Waals surface area contributed by atoms with Crippen molar-refractivity contribution < 1.29 is 19.6 Å². The molecule has 1 aromatic carbocycles. The maximum atomic E-state index is 12.0. The molecule has 0 saturated heterocycles. The molecule has 0 radical (unpaired) electrons. The quantitative estimate of drug-likeness (QED) is 0.630. The second kappa shape index (κ2) is 6.14. The van der Waals surface area contributed by atoms with Crippen molar-refractivity contribution >= 4 is 17.6 Å². The van der Waals surface area contributed by atoms with Crippen LogP contribution in [0.1, 0.15) is 29.8 Å². The van der Waals surface area contributed by atoms with E-state index in [-0.39, 0.29) is 17.2 Å². The Morgan fingerprint density at radius 2 is 1.95 bits per heavy atom. The van der Waals surface area contributed by atoms with Gasteiger partial charge in [0.2, 0.25) is 0 Å². The number of amides is 1. The second-order valence-corrected chi connectivity index (χ2v) is 4.79. The van der Waals surface area contributed by atoms with E-state index >= 15 is 0 Å². The van der Waals surface area contributed by atoms with E-state index in [1.54, 1.807) is 20.8 Å².